The first-order chi connectivity index (χ1) is 9.79. The van der Waals surface area contributed by atoms with Crippen molar-refractivity contribution in [3.05, 3.63) is 34.3 Å². The Labute approximate surface area is 130 Å². The molecule has 7 heteroatoms. The first-order valence-electron chi connectivity index (χ1n) is 6.49. The number of hydrogen-bond donors (Lipinski definition) is 1. The second-order valence-corrected chi connectivity index (χ2v) is 6.18. The van der Waals surface area contributed by atoms with Crippen molar-refractivity contribution in [2.24, 2.45) is 5.73 Å². The Kier molecular flexibility index (Phi) is 4.75. The summed E-state index contributed by atoms with van der Waals surface area (Å²) in [5.41, 5.74) is 5.75. The molecule has 1 aromatic heterocycles. The van der Waals surface area contributed by atoms with E-state index in [-0.39, 0.29) is 24.4 Å². The van der Waals surface area contributed by atoms with Crippen LogP contribution in [0.4, 0.5) is 4.39 Å². The van der Waals surface area contributed by atoms with Gasteiger partial charge in [-0.05, 0) is 54.9 Å². The quantitative estimate of drug-likeness (QED) is 0.888. The van der Waals surface area contributed by atoms with Crippen molar-refractivity contribution >= 4 is 15.9 Å². The smallest absolute Gasteiger partial charge is 0.259 e. The maximum atomic E-state index is 13.3. The van der Waals surface area contributed by atoms with Gasteiger partial charge in [0, 0.05) is 4.47 Å². The fraction of sp³-hybridized carbons (Fsp3) is 0.429. The van der Waals surface area contributed by atoms with Crippen LogP contribution >= 0.6 is 15.9 Å². The van der Waals surface area contributed by atoms with Crippen molar-refractivity contribution in [2.75, 3.05) is 6.61 Å². The van der Waals surface area contributed by atoms with Crippen molar-refractivity contribution in [3.63, 3.8) is 0 Å². The van der Waals surface area contributed by atoms with E-state index in [1.54, 1.807) is 13.0 Å². The second kappa shape index (κ2) is 6.21. The van der Waals surface area contributed by atoms with E-state index in [0.717, 1.165) is 0 Å². The normalized spacial score (nSPS) is 14.4. The lowest BCUT2D eigenvalue weighted by molar-refractivity contribution is 0.0410. The third-order valence-electron chi connectivity index (χ3n) is 2.81. The van der Waals surface area contributed by atoms with Crippen LogP contribution in [-0.4, -0.2) is 22.9 Å². The van der Waals surface area contributed by atoms with Gasteiger partial charge < -0.3 is 15.0 Å². The standard InChI is InChI=1S/C14H17BrFN3O2/c1-8(2)20-7-14(3,17)13-18-12(21-19-13)10-6-9(16)4-5-11(10)15/h4-6,8H,7,17H2,1-3H3. The van der Waals surface area contributed by atoms with Crippen LogP contribution in [0.3, 0.4) is 0 Å². The van der Waals surface area contributed by atoms with Crippen molar-refractivity contribution in [1.82, 2.24) is 10.1 Å². The summed E-state index contributed by atoms with van der Waals surface area (Å²) in [5, 5.41) is 3.88. The number of hydrogen-bond acceptors (Lipinski definition) is 5. The zero-order valence-corrected chi connectivity index (χ0v) is 13.6. The molecule has 1 unspecified atom stereocenters. The highest BCUT2D eigenvalue weighted by atomic mass is 79.9. The Morgan fingerprint density at radius 3 is 2.86 bits per heavy atom. The van der Waals surface area contributed by atoms with Crippen LogP contribution in [0.5, 0.6) is 0 Å². The average molecular weight is 358 g/mol. The van der Waals surface area contributed by atoms with Gasteiger partial charge >= 0.3 is 0 Å². The molecule has 21 heavy (non-hydrogen) atoms. The predicted octanol–water partition coefficient (Wildman–Crippen LogP) is 3.24. The molecule has 0 saturated carbocycles. The third kappa shape index (κ3) is 3.87. The molecule has 0 aliphatic heterocycles. The lowest BCUT2D eigenvalue weighted by Crippen LogP contribution is -2.40. The van der Waals surface area contributed by atoms with Gasteiger partial charge in [0.25, 0.3) is 5.89 Å². The highest BCUT2D eigenvalue weighted by molar-refractivity contribution is 9.10. The van der Waals surface area contributed by atoms with Crippen LogP contribution < -0.4 is 5.73 Å². The summed E-state index contributed by atoms with van der Waals surface area (Å²) in [6.45, 7) is 5.85. The predicted molar refractivity (Wildman–Crippen MR) is 80.0 cm³/mol. The Morgan fingerprint density at radius 2 is 2.19 bits per heavy atom. The molecule has 0 aliphatic carbocycles. The summed E-state index contributed by atoms with van der Waals surface area (Å²) in [7, 11) is 0. The van der Waals surface area contributed by atoms with E-state index >= 15 is 0 Å². The summed E-state index contributed by atoms with van der Waals surface area (Å²) in [6.07, 6.45) is 0.0524. The Balaban J connectivity index is 2.27. The molecule has 2 aromatic rings. The summed E-state index contributed by atoms with van der Waals surface area (Å²) in [5.74, 6) is 0.138. The van der Waals surface area contributed by atoms with Gasteiger partial charge in [0.05, 0.1) is 18.3 Å². The lowest BCUT2D eigenvalue weighted by atomic mass is 10.1. The van der Waals surface area contributed by atoms with Crippen molar-refractivity contribution in [2.45, 2.75) is 32.4 Å². The Morgan fingerprint density at radius 1 is 1.48 bits per heavy atom. The van der Waals surface area contributed by atoms with Gasteiger partial charge in [-0.3, -0.25) is 0 Å². The SMILES string of the molecule is CC(C)OCC(C)(N)c1noc(-c2cc(F)ccc2Br)n1. The summed E-state index contributed by atoms with van der Waals surface area (Å²) < 4.78 is 24.7. The largest absolute Gasteiger partial charge is 0.376 e. The number of rotatable bonds is 5. The molecule has 1 heterocycles. The van der Waals surface area contributed by atoms with Crippen LogP contribution in [0, 0.1) is 5.82 Å². The van der Waals surface area contributed by atoms with Crippen LogP contribution in [-0.2, 0) is 10.3 Å². The van der Waals surface area contributed by atoms with Gasteiger partial charge in [-0.25, -0.2) is 4.39 Å². The molecule has 0 bridgehead atoms. The number of benzene rings is 1. The molecule has 114 valence electrons. The number of nitrogens with zero attached hydrogens (tertiary/aromatic N) is 2. The Hall–Kier alpha value is -1.31. The number of nitrogens with two attached hydrogens (primary N) is 1. The van der Waals surface area contributed by atoms with E-state index in [0.29, 0.717) is 15.9 Å². The minimum Gasteiger partial charge on any atom is -0.376 e. The topological polar surface area (TPSA) is 74.2 Å². The molecule has 0 aliphatic rings. The van der Waals surface area contributed by atoms with Crippen LogP contribution in [0.25, 0.3) is 11.5 Å². The maximum Gasteiger partial charge on any atom is 0.259 e. The van der Waals surface area contributed by atoms with Gasteiger partial charge in [-0.2, -0.15) is 4.98 Å². The van der Waals surface area contributed by atoms with Gasteiger partial charge in [-0.15, -0.1) is 0 Å². The minimum atomic E-state index is -0.883. The van der Waals surface area contributed by atoms with Gasteiger partial charge in [0.1, 0.15) is 11.4 Å². The fourth-order valence-corrected chi connectivity index (χ4v) is 2.05. The molecular formula is C14H17BrFN3O2. The summed E-state index contributed by atoms with van der Waals surface area (Å²) >= 11 is 3.33. The highest BCUT2D eigenvalue weighted by Crippen LogP contribution is 2.29. The molecular weight excluding hydrogens is 341 g/mol. The molecule has 0 amide bonds. The van der Waals surface area contributed by atoms with Crippen molar-refractivity contribution < 1.29 is 13.7 Å². The van der Waals surface area contributed by atoms with Gasteiger partial charge in [-0.1, -0.05) is 5.16 Å². The first kappa shape index (κ1) is 16.1. The monoisotopic (exact) mass is 357 g/mol. The molecule has 2 N–H and O–H groups in total. The van der Waals surface area contributed by atoms with E-state index < -0.39 is 5.54 Å². The zero-order valence-electron chi connectivity index (χ0n) is 12.1. The number of ether oxygens (including phenoxy) is 1. The molecule has 0 spiro atoms. The molecule has 0 radical (unpaired) electrons. The summed E-state index contributed by atoms with van der Waals surface area (Å²) in [6, 6.07) is 4.24. The third-order valence-corrected chi connectivity index (χ3v) is 3.50. The minimum absolute atomic E-state index is 0.0524. The molecule has 2 rings (SSSR count). The second-order valence-electron chi connectivity index (χ2n) is 5.32. The van der Waals surface area contributed by atoms with Crippen LogP contribution in [0.15, 0.2) is 27.2 Å². The molecule has 5 nitrogen and oxygen atoms in total. The average Bonchev–Trinajstić information content (AvgIpc) is 2.90. The Bertz CT molecular complexity index is 628. The van der Waals surface area contributed by atoms with E-state index in [2.05, 4.69) is 26.1 Å². The zero-order chi connectivity index (χ0) is 15.6. The molecule has 1 aromatic carbocycles. The van der Waals surface area contributed by atoms with Crippen LogP contribution in [0.2, 0.25) is 0 Å². The number of halogens is 2. The van der Waals surface area contributed by atoms with Crippen molar-refractivity contribution in [3.8, 4) is 11.5 Å². The van der Waals surface area contributed by atoms with Gasteiger partial charge in [0.15, 0.2) is 5.82 Å². The lowest BCUT2D eigenvalue weighted by Gasteiger charge is -2.21. The molecule has 0 saturated heterocycles. The van der Waals surface area contributed by atoms with Gasteiger partial charge in [0.2, 0.25) is 0 Å². The maximum absolute atomic E-state index is 13.3. The fourth-order valence-electron chi connectivity index (χ4n) is 1.63. The van der Waals surface area contributed by atoms with E-state index in [1.165, 1.54) is 12.1 Å². The summed E-state index contributed by atoms with van der Waals surface area (Å²) in [4.78, 5) is 4.25. The van der Waals surface area contributed by atoms with Crippen molar-refractivity contribution in [1.29, 1.82) is 0 Å². The van der Waals surface area contributed by atoms with E-state index in [9.17, 15) is 4.39 Å². The molecule has 0 fully saturated rings. The first-order valence-corrected chi connectivity index (χ1v) is 7.29. The number of aromatic nitrogens is 2. The molecule has 1 atom stereocenters. The highest BCUT2D eigenvalue weighted by Gasteiger charge is 2.29. The van der Waals surface area contributed by atoms with E-state index in [1.807, 2.05) is 13.8 Å². The van der Waals surface area contributed by atoms with Crippen LogP contribution in [0.1, 0.15) is 26.6 Å². The van der Waals surface area contributed by atoms with E-state index in [4.69, 9.17) is 15.0 Å².